The molecule has 1 unspecified atom stereocenters. The molecule has 3 rings (SSSR count). The molecule has 3 aromatic rings. The summed E-state index contributed by atoms with van der Waals surface area (Å²) in [6.07, 6.45) is 2.78. The van der Waals surface area contributed by atoms with Gasteiger partial charge in [-0.05, 0) is 31.2 Å². The van der Waals surface area contributed by atoms with Gasteiger partial charge in [-0.1, -0.05) is 24.0 Å². The molecule has 0 aliphatic carbocycles. The van der Waals surface area contributed by atoms with Gasteiger partial charge in [0, 0.05) is 42.7 Å². The van der Waals surface area contributed by atoms with Crippen molar-refractivity contribution in [3.05, 3.63) is 53.9 Å². The summed E-state index contributed by atoms with van der Waals surface area (Å²) in [6.45, 7) is 2.02. The van der Waals surface area contributed by atoms with Gasteiger partial charge in [0.2, 0.25) is 6.41 Å². The molecule has 0 bridgehead atoms. The van der Waals surface area contributed by atoms with Crippen LogP contribution in [0.3, 0.4) is 0 Å². The van der Waals surface area contributed by atoms with Gasteiger partial charge in [-0.25, -0.2) is 4.98 Å². The van der Waals surface area contributed by atoms with Crippen molar-refractivity contribution in [1.82, 2.24) is 14.9 Å². The molecular weight excluding hydrogens is 368 g/mol. The largest absolute Gasteiger partial charge is 0.378 e. The van der Waals surface area contributed by atoms with Crippen LogP contribution in [0.15, 0.2) is 42.6 Å². The van der Waals surface area contributed by atoms with Gasteiger partial charge in [0.05, 0.1) is 11.2 Å². The number of primary amides is 1. The zero-order chi connectivity index (χ0) is 21.0. The van der Waals surface area contributed by atoms with E-state index < -0.39 is 11.5 Å². The number of nitrogens with two attached hydrogens (primary N) is 1. The van der Waals surface area contributed by atoms with E-state index in [9.17, 15) is 14.7 Å². The highest BCUT2D eigenvalue weighted by molar-refractivity contribution is 6.04. The van der Waals surface area contributed by atoms with E-state index in [1.807, 2.05) is 36.4 Å². The molecular formula is C22H22N4O3. The normalized spacial score (nSPS) is 12.7. The number of fused-ring (bicyclic) bond motifs is 1. The number of carbonyl (C=O) groups excluding carboxylic acids is 2. The van der Waals surface area contributed by atoms with Gasteiger partial charge in [0.1, 0.15) is 5.60 Å². The second-order valence-corrected chi connectivity index (χ2v) is 7.10. The summed E-state index contributed by atoms with van der Waals surface area (Å²) in [5, 5.41) is 11.3. The maximum atomic E-state index is 11.8. The van der Waals surface area contributed by atoms with Gasteiger partial charge in [0.15, 0.2) is 5.69 Å². The standard InChI is InChI=1S/C22H22N4O3/c1-22(29,9-11-26(2)14-27)8-6-15-4-3-5-16(12-15)18-13-17-7-10-24-19(17)20(25-18)21(23)28/h3-5,7,10,12-14,24,29H,9,11H2,1-2H3,(H2,23,28). The Hall–Kier alpha value is -3.63. The molecule has 4 N–H and O–H groups in total. The van der Waals surface area contributed by atoms with Crippen molar-refractivity contribution in [2.24, 2.45) is 5.73 Å². The lowest BCUT2D eigenvalue weighted by Gasteiger charge is -2.19. The number of aromatic amines is 1. The number of nitrogens with one attached hydrogen (secondary N) is 1. The number of hydrogen-bond acceptors (Lipinski definition) is 4. The smallest absolute Gasteiger partial charge is 0.269 e. The van der Waals surface area contributed by atoms with E-state index in [0.29, 0.717) is 36.1 Å². The summed E-state index contributed by atoms with van der Waals surface area (Å²) in [6, 6.07) is 11.1. The van der Waals surface area contributed by atoms with E-state index in [2.05, 4.69) is 21.8 Å². The van der Waals surface area contributed by atoms with Crippen molar-refractivity contribution >= 4 is 23.2 Å². The summed E-state index contributed by atoms with van der Waals surface area (Å²) in [7, 11) is 1.65. The molecule has 2 aromatic heterocycles. The minimum Gasteiger partial charge on any atom is -0.378 e. The van der Waals surface area contributed by atoms with Crippen LogP contribution in [-0.4, -0.2) is 51.5 Å². The van der Waals surface area contributed by atoms with E-state index in [4.69, 9.17) is 5.73 Å². The molecule has 1 aromatic carbocycles. The first-order chi connectivity index (χ1) is 13.8. The Labute approximate surface area is 168 Å². The monoisotopic (exact) mass is 390 g/mol. The Kier molecular flexibility index (Phi) is 5.66. The summed E-state index contributed by atoms with van der Waals surface area (Å²) in [5.41, 5.74) is 7.12. The highest BCUT2D eigenvalue weighted by Gasteiger charge is 2.17. The number of nitrogens with zero attached hydrogens (tertiary/aromatic N) is 2. The molecule has 29 heavy (non-hydrogen) atoms. The van der Waals surface area contributed by atoms with E-state index >= 15 is 0 Å². The number of hydrogen-bond donors (Lipinski definition) is 3. The summed E-state index contributed by atoms with van der Waals surface area (Å²) >= 11 is 0. The van der Waals surface area contributed by atoms with Crippen LogP contribution in [0, 0.1) is 11.8 Å². The number of aromatic nitrogens is 2. The molecule has 0 saturated carbocycles. The Balaban J connectivity index is 1.90. The lowest BCUT2D eigenvalue weighted by atomic mass is 10.0. The van der Waals surface area contributed by atoms with E-state index in [-0.39, 0.29) is 5.69 Å². The fourth-order valence-corrected chi connectivity index (χ4v) is 2.86. The Bertz CT molecular complexity index is 1120. The molecule has 148 valence electrons. The number of pyridine rings is 1. The fraction of sp³-hybridized carbons (Fsp3) is 0.227. The zero-order valence-corrected chi connectivity index (χ0v) is 16.3. The highest BCUT2D eigenvalue weighted by atomic mass is 16.3. The van der Waals surface area contributed by atoms with Crippen LogP contribution in [-0.2, 0) is 4.79 Å². The predicted molar refractivity (Wildman–Crippen MR) is 111 cm³/mol. The average Bonchev–Trinajstić information content (AvgIpc) is 3.18. The maximum Gasteiger partial charge on any atom is 0.269 e. The number of aliphatic hydroxyl groups is 1. The molecule has 1 atom stereocenters. The second kappa shape index (κ2) is 8.17. The lowest BCUT2D eigenvalue weighted by Crippen LogP contribution is -2.29. The molecule has 2 amide bonds. The van der Waals surface area contributed by atoms with Crippen LogP contribution in [0.1, 0.15) is 29.4 Å². The first kappa shape index (κ1) is 20.1. The van der Waals surface area contributed by atoms with Crippen molar-refractivity contribution in [3.63, 3.8) is 0 Å². The topological polar surface area (TPSA) is 112 Å². The van der Waals surface area contributed by atoms with Gasteiger partial charge in [-0.3, -0.25) is 9.59 Å². The van der Waals surface area contributed by atoms with Gasteiger partial charge >= 0.3 is 0 Å². The third-order valence-corrected chi connectivity index (χ3v) is 4.54. The number of carbonyl (C=O) groups is 2. The quantitative estimate of drug-likeness (QED) is 0.441. The number of H-pyrrole nitrogens is 1. The van der Waals surface area contributed by atoms with Crippen molar-refractivity contribution in [2.45, 2.75) is 18.9 Å². The van der Waals surface area contributed by atoms with Crippen LogP contribution < -0.4 is 5.73 Å². The van der Waals surface area contributed by atoms with Crippen LogP contribution in [0.25, 0.3) is 22.2 Å². The summed E-state index contributed by atoms with van der Waals surface area (Å²) in [4.78, 5) is 31.3. The average molecular weight is 390 g/mol. The van der Waals surface area contributed by atoms with Gasteiger partial charge in [-0.15, -0.1) is 0 Å². The van der Waals surface area contributed by atoms with Gasteiger partial charge in [0.25, 0.3) is 5.91 Å². The zero-order valence-electron chi connectivity index (χ0n) is 16.3. The molecule has 0 aliphatic rings. The van der Waals surface area contributed by atoms with Gasteiger partial charge in [-0.2, -0.15) is 0 Å². The van der Waals surface area contributed by atoms with Crippen LogP contribution in [0.4, 0.5) is 0 Å². The highest BCUT2D eigenvalue weighted by Crippen LogP contribution is 2.25. The second-order valence-electron chi connectivity index (χ2n) is 7.10. The third-order valence-electron chi connectivity index (χ3n) is 4.54. The van der Waals surface area contributed by atoms with E-state index in [0.717, 1.165) is 10.9 Å². The van der Waals surface area contributed by atoms with E-state index in [1.165, 1.54) is 4.90 Å². The Morgan fingerprint density at radius 1 is 1.38 bits per heavy atom. The SMILES string of the molecule is CN(C=O)CCC(C)(O)C#Cc1cccc(-c2cc3cc[nH]c3c(C(N)=O)n2)c1. The molecule has 0 fully saturated rings. The van der Waals surface area contributed by atoms with Crippen molar-refractivity contribution < 1.29 is 14.7 Å². The van der Waals surface area contributed by atoms with Crippen LogP contribution in [0.2, 0.25) is 0 Å². The first-order valence-electron chi connectivity index (χ1n) is 9.08. The molecule has 0 aliphatic heterocycles. The Morgan fingerprint density at radius 3 is 2.90 bits per heavy atom. The van der Waals surface area contributed by atoms with Crippen LogP contribution >= 0.6 is 0 Å². The number of benzene rings is 1. The van der Waals surface area contributed by atoms with Gasteiger partial charge < -0.3 is 20.7 Å². The van der Waals surface area contributed by atoms with Crippen molar-refractivity contribution in [2.75, 3.05) is 13.6 Å². The predicted octanol–water partition coefficient (Wildman–Crippen LogP) is 1.91. The fourth-order valence-electron chi connectivity index (χ4n) is 2.86. The summed E-state index contributed by atoms with van der Waals surface area (Å²) < 4.78 is 0. The van der Waals surface area contributed by atoms with Crippen molar-refractivity contribution in [1.29, 1.82) is 0 Å². The van der Waals surface area contributed by atoms with Crippen molar-refractivity contribution in [3.8, 4) is 23.1 Å². The Morgan fingerprint density at radius 2 is 2.17 bits per heavy atom. The number of rotatable bonds is 6. The van der Waals surface area contributed by atoms with Crippen LogP contribution in [0.5, 0.6) is 0 Å². The molecule has 0 radical (unpaired) electrons. The molecule has 0 spiro atoms. The first-order valence-corrected chi connectivity index (χ1v) is 9.08. The van der Waals surface area contributed by atoms with E-state index in [1.54, 1.807) is 20.2 Å². The molecule has 7 nitrogen and oxygen atoms in total. The minimum absolute atomic E-state index is 0.182. The lowest BCUT2D eigenvalue weighted by molar-refractivity contribution is -0.117. The molecule has 7 heteroatoms. The minimum atomic E-state index is -1.23. The molecule has 2 heterocycles. The third kappa shape index (κ3) is 4.81. The summed E-state index contributed by atoms with van der Waals surface area (Å²) in [5.74, 6) is 5.22. The number of amides is 2. The maximum absolute atomic E-state index is 11.8. The molecule has 0 saturated heterocycles.